The second kappa shape index (κ2) is 6.58. The van der Waals surface area contributed by atoms with Crippen molar-refractivity contribution in [2.75, 3.05) is 5.73 Å². The molecule has 6 nitrogen and oxygen atoms in total. The quantitative estimate of drug-likeness (QED) is 0.519. The monoisotopic (exact) mass is 388 g/mol. The molecule has 27 heavy (non-hydrogen) atoms. The van der Waals surface area contributed by atoms with Gasteiger partial charge in [-0.05, 0) is 37.3 Å². The number of nitrogen functional groups attached to an aromatic ring is 1. The average Bonchev–Trinajstić information content (AvgIpc) is 3.20. The molecule has 0 bridgehead atoms. The predicted molar refractivity (Wildman–Crippen MR) is 98.8 cm³/mol. The van der Waals surface area contributed by atoms with Crippen LogP contribution in [-0.2, 0) is 4.74 Å². The van der Waals surface area contributed by atoms with Gasteiger partial charge >= 0.3 is 12.5 Å². The van der Waals surface area contributed by atoms with Crippen molar-refractivity contribution >= 4 is 43.7 Å². The third kappa shape index (κ3) is 3.10. The van der Waals surface area contributed by atoms with Crippen LogP contribution in [-0.4, -0.2) is 20.5 Å². The molecule has 0 aliphatic carbocycles. The first-order valence-corrected chi connectivity index (χ1v) is 8.88. The Balaban J connectivity index is 1.64. The summed E-state index contributed by atoms with van der Waals surface area (Å²) < 4.78 is 34.0. The normalized spacial score (nSPS) is 12.7. The minimum Gasteiger partial charge on any atom is -0.451 e. The zero-order valence-corrected chi connectivity index (χ0v) is 14.9. The number of benzene rings is 2. The number of carbonyl (C=O) groups is 1. The summed E-state index contributed by atoms with van der Waals surface area (Å²) in [6.45, 7) is -1.29. The van der Waals surface area contributed by atoms with Gasteiger partial charge in [0.2, 0.25) is 0 Å². The predicted octanol–water partition coefficient (Wildman–Crippen LogP) is 4.54. The Morgan fingerprint density at radius 2 is 1.96 bits per heavy atom. The van der Waals surface area contributed by atoms with Crippen LogP contribution in [0.3, 0.4) is 0 Å². The molecule has 1 atom stereocenters. The van der Waals surface area contributed by atoms with E-state index in [2.05, 4.69) is 9.97 Å². The standard InChI is InChI=1S/C18H14F2N4O2S/c1-9(15-22-11-4-2-3-5-13(11)24(15)17(19)20)26-16(25)10-6-7-12-14(8-10)27-18(21)23-12/h2-9,17H,1H3,(H2,21,23). The van der Waals surface area contributed by atoms with Crippen LogP contribution in [0.4, 0.5) is 13.9 Å². The number of aromatic nitrogens is 3. The fourth-order valence-corrected chi connectivity index (χ4v) is 3.68. The molecule has 0 aliphatic rings. The van der Waals surface area contributed by atoms with E-state index in [0.29, 0.717) is 16.2 Å². The van der Waals surface area contributed by atoms with Crippen LogP contribution in [0, 0.1) is 0 Å². The molecule has 4 rings (SSSR count). The van der Waals surface area contributed by atoms with Crippen molar-refractivity contribution in [1.29, 1.82) is 0 Å². The first-order valence-electron chi connectivity index (χ1n) is 8.06. The number of halogens is 2. The number of hydrogen-bond acceptors (Lipinski definition) is 6. The summed E-state index contributed by atoms with van der Waals surface area (Å²) >= 11 is 1.25. The number of ether oxygens (including phenoxy) is 1. The molecule has 2 aromatic heterocycles. The zero-order chi connectivity index (χ0) is 19.1. The van der Waals surface area contributed by atoms with Gasteiger partial charge in [-0.25, -0.2) is 14.8 Å². The van der Waals surface area contributed by atoms with Gasteiger partial charge in [0.1, 0.15) is 0 Å². The molecule has 2 aromatic carbocycles. The van der Waals surface area contributed by atoms with E-state index in [1.807, 2.05) is 0 Å². The Bertz CT molecular complexity index is 1150. The second-order valence-electron chi connectivity index (χ2n) is 5.89. The third-order valence-electron chi connectivity index (χ3n) is 4.11. The molecule has 0 fully saturated rings. The average molecular weight is 388 g/mol. The lowest BCUT2D eigenvalue weighted by Crippen LogP contribution is -2.14. The molecule has 9 heteroatoms. The van der Waals surface area contributed by atoms with Crippen LogP contribution in [0.15, 0.2) is 42.5 Å². The van der Waals surface area contributed by atoms with E-state index in [0.717, 1.165) is 9.27 Å². The number of thiazole rings is 1. The van der Waals surface area contributed by atoms with Gasteiger partial charge in [0.05, 0.1) is 26.8 Å². The van der Waals surface area contributed by atoms with Gasteiger partial charge in [-0.1, -0.05) is 23.5 Å². The molecule has 0 saturated heterocycles. The molecule has 0 spiro atoms. The van der Waals surface area contributed by atoms with Crippen molar-refractivity contribution < 1.29 is 18.3 Å². The van der Waals surface area contributed by atoms with Crippen molar-refractivity contribution in [3.05, 3.63) is 53.9 Å². The van der Waals surface area contributed by atoms with E-state index < -0.39 is 18.6 Å². The van der Waals surface area contributed by atoms with Gasteiger partial charge in [0.15, 0.2) is 17.1 Å². The fraction of sp³-hybridized carbons (Fsp3) is 0.167. The van der Waals surface area contributed by atoms with Crippen molar-refractivity contribution in [2.45, 2.75) is 19.6 Å². The minimum atomic E-state index is -2.80. The highest BCUT2D eigenvalue weighted by atomic mass is 32.1. The van der Waals surface area contributed by atoms with E-state index in [1.165, 1.54) is 18.3 Å². The summed E-state index contributed by atoms with van der Waals surface area (Å²) in [5.41, 5.74) is 7.33. The van der Waals surface area contributed by atoms with Gasteiger partial charge < -0.3 is 10.5 Å². The largest absolute Gasteiger partial charge is 0.451 e. The summed E-state index contributed by atoms with van der Waals surface area (Å²) in [6, 6.07) is 11.4. The van der Waals surface area contributed by atoms with Gasteiger partial charge in [-0.15, -0.1) is 0 Å². The van der Waals surface area contributed by atoms with Crippen molar-refractivity contribution in [2.24, 2.45) is 0 Å². The number of hydrogen-bond donors (Lipinski definition) is 1. The van der Waals surface area contributed by atoms with Crippen LogP contribution < -0.4 is 5.73 Å². The number of esters is 1. The Hall–Kier alpha value is -3.07. The molecule has 4 aromatic rings. The van der Waals surface area contributed by atoms with E-state index in [-0.39, 0.29) is 16.9 Å². The first-order chi connectivity index (χ1) is 12.9. The van der Waals surface area contributed by atoms with Crippen LogP contribution >= 0.6 is 11.3 Å². The molecule has 0 radical (unpaired) electrons. The lowest BCUT2D eigenvalue weighted by atomic mass is 10.2. The molecule has 0 aliphatic heterocycles. The number of fused-ring (bicyclic) bond motifs is 2. The highest BCUT2D eigenvalue weighted by Crippen LogP contribution is 2.29. The van der Waals surface area contributed by atoms with Crippen molar-refractivity contribution in [1.82, 2.24) is 14.5 Å². The maximum atomic E-state index is 13.6. The summed E-state index contributed by atoms with van der Waals surface area (Å²) in [7, 11) is 0. The Kier molecular flexibility index (Phi) is 4.23. The molecule has 0 amide bonds. The molecule has 2 N–H and O–H groups in total. The number of rotatable bonds is 4. The number of anilines is 1. The summed E-state index contributed by atoms with van der Waals surface area (Å²) in [5.74, 6) is -0.646. The van der Waals surface area contributed by atoms with Crippen LogP contribution in [0.2, 0.25) is 0 Å². The van der Waals surface area contributed by atoms with Gasteiger partial charge in [-0.2, -0.15) is 8.78 Å². The molecule has 2 heterocycles. The molecule has 138 valence electrons. The second-order valence-corrected chi connectivity index (χ2v) is 6.95. The first kappa shape index (κ1) is 17.3. The zero-order valence-electron chi connectivity index (χ0n) is 14.1. The maximum Gasteiger partial charge on any atom is 0.338 e. The van der Waals surface area contributed by atoms with Gasteiger partial charge in [0.25, 0.3) is 0 Å². The van der Waals surface area contributed by atoms with Crippen molar-refractivity contribution in [3.63, 3.8) is 0 Å². The highest BCUT2D eigenvalue weighted by molar-refractivity contribution is 7.22. The SMILES string of the molecule is CC(OC(=O)c1ccc2nc(N)sc2c1)c1nc2ccccc2n1C(F)F. The van der Waals surface area contributed by atoms with Crippen LogP contribution in [0.1, 0.15) is 35.8 Å². The van der Waals surface area contributed by atoms with Crippen molar-refractivity contribution in [3.8, 4) is 0 Å². The highest BCUT2D eigenvalue weighted by Gasteiger charge is 2.24. The Labute approximate surface area is 156 Å². The van der Waals surface area contributed by atoms with E-state index >= 15 is 0 Å². The summed E-state index contributed by atoms with van der Waals surface area (Å²) in [4.78, 5) is 20.8. The summed E-state index contributed by atoms with van der Waals surface area (Å²) in [5, 5.41) is 0.398. The fourth-order valence-electron chi connectivity index (χ4n) is 2.91. The Morgan fingerprint density at radius 1 is 1.19 bits per heavy atom. The van der Waals surface area contributed by atoms with E-state index in [1.54, 1.807) is 42.5 Å². The lowest BCUT2D eigenvalue weighted by molar-refractivity contribution is 0.0233. The van der Waals surface area contributed by atoms with E-state index in [4.69, 9.17) is 10.5 Å². The van der Waals surface area contributed by atoms with Crippen LogP contribution in [0.25, 0.3) is 21.3 Å². The lowest BCUT2D eigenvalue weighted by Gasteiger charge is -2.15. The summed E-state index contributed by atoms with van der Waals surface area (Å²) in [6.07, 6.45) is -0.957. The van der Waals surface area contributed by atoms with Crippen LogP contribution in [0.5, 0.6) is 0 Å². The third-order valence-corrected chi connectivity index (χ3v) is 4.95. The van der Waals surface area contributed by atoms with Gasteiger partial charge in [-0.3, -0.25) is 4.57 Å². The number of carbonyl (C=O) groups excluding carboxylic acids is 1. The number of para-hydroxylation sites is 2. The molecular weight excluding hydrogens is 374 g/mol. The number of alkyl halides is 2. The van der Waals surface area contributed by atoms with E-state index in [9.17, 15) is 13.6 Å². The molecule has 0 saturated carbocycles. The topological polar surface area (TPSA) is 83.0 Å². The number of nitrogens with zero attached hydrogens (tertiary/aromatic N) is 3. The smallest absolute Gasteiger partial charge is 0.338 e. The minimum absolute atomic E-state index is 0.0114. The number of nitrogens with two attached hydrogens (primary N) is 1. The Morgan fingerprint density at radius 3 is 2.74 bits per heavy atom. The van der Waals surface area contributed by atoms with Gasteiger partial charge in [0, 0.05) is 0 Å². The molecule has 1 unspecified atom stereocenters. The maximum absolute atomic E-state index is 13.6. The number of imidazole rings is 1. The molecular formula is C18H14F2N4O2S.